The van der Waals surface area contributed by atoms with Gasteiger partial charge < -0.3 is 9.84 Å². The SMILES string of the molecule is COc1ccccc1-n1nc(C(C)C)c(C(=O)O)c1Cl. The number of ether oxygens (including phenoxy) is 1. The second kappa shape index (κ2) is 5.54. The summed E-state index contributed by atoms with van der Waals surface area (Å²) in [5.74, 6) is -0.557. The van der Waals surface area contributed by atoms with Crippen molar-refractivity contribution >= 4 is 17.6 Å². The Morgan fingerprint density at radius 2 is 2.05 bits per heavy atom. The topological polar surface area (TPSA) is 64.4 Å². The van der Waals surface area contributed by atoms with Crippen LogP contribution in [0.2, 0.25) is 5.15 Å². The fourth-order valence-corrected chi connectivity index (χ4v) is 2.29. The maximum atomic E-state index is 11.4. The number of carboxylic acids is 1. The number of benzene rings is 1. The molecule has 2 rings (SSSR count). The Kier molecular flexibility index (Phi) is 3.99. The van der Waals surface area contributed by atoms with Crippen molar-refractivity contribution in [1.82, 2.24) is 9.78 Å². The van der Waals surface area contributed by atoms with E-state index < -0.39 is 5.97 Å². The van der Waals surface area contributed by atoms with Gasteiger partial charge in [-0.15, -0.1) is 0 Å². The normalized spacial score (nSPS) is 10.8. The summed E-state index contributed by atoms with van der Waals surface area (Å²) in [5, 5.41) is 13.7. The van der Waals surface area contributed by atoms with Crippen molar-refractivity contribution in [3.05, 3.63) is 40.7 Å². The number of carbonyl (C=O) groups is 1. The number of nitrogens with zero attached hydrogens (tertiary/aromatic N) is 2. The fraction of sp³-hybridized carbons (Fsp3) is 0.286. The van der Waals surface area contributed by atoms with Crippen LogP contribution >= 0.6 is 11.6 Å². The summed E-state index contributed by atoms with van der Waals surface area (Å²) in [5.41, 5.74) is 1.09. The fourth-order valence-electron chi connectivity index (χ4n) is 1.98. The Balaban J connectivity index is 2.70. The highest BCUT2D eigenvalue weighted by atomic mass is 35.5. The zero-order chi connectivity index (χ0) is 14.9. The highest BCUT2D eigenvalue weighted by molar-refractivity contribution is 6.33. The third-order valence-corrected chi connectivity index (χ3v) is 3.28. The minimum atomic E-state index is -1.08. The molecule has 0 fully saturated rings. The number of hydrogen-bond acceptors (Lipinski definition) is 3. The first-order chi connectivity index (χ1) is 9.47. The highest BCUT2D eigenvalue weighted by Crippen LogP contribution is 2.31. The minimum absolute atomic E-state index is 0.0348. The van der Waals surface area contributed by atoms with Crippen molar-refractivity contribution < 1.29 is 14.6 Å². The Hall–Kier alpha value is -2.01. The van der Waals surface area contributed by atoms with Gasteiger partial charge in [0.25, 0.3) is 0 Å². The zero-order valence-electron chi connectivity index (χ0n) is 11.4. The average Bonchev–Trinajstić information content (AvgIpc) is 2.76. The number of aromatic carboxylic acids is 1. The maximum absolute atomic E-state index is 11.4. The van der Waals surface area contributed by atoms with Gasteiger partial charge in [-0.1, -0.05) is 37.6 Å². The van der Waals surface area contributed by atoms with E-state index in [4.69, 9.17) is 16.3 Å². The lowest BCUT2D eigenvalue weighted by atomic mass is 10.1. The van der Waals surface area contributed by atoms with E-state index in [-0.39, 0.29) is 16.6 Å². The van der Waals surface area contributed by atoms with Gasteiger partial charge in [-0.3, -0.25) is 0 Å². The summed E-state index contributed by atoms with van der Waals surface area (Å²) < 4.78 is 6.66. The first-order valence-electron chi connectivity index (χ1n) is 6.12. The lowest BCUT2D eigenvalue weighted by molar-refractivity contribution is 0.0695. The molecular weight excluding hydrogens is 280 g/mol. The van der Waals surface area contributed by atoms with Crippen molar-refractivity contribution in [3.63, 3.8) is 0 Å². The van der Waals surface area contributed by atoms with Crippen molar-refractivity contribution in [3.8, 4) is 11.4 Å². The molecule has 0 spiro atoms. The summed E-state index contributed by atoms with van der Waals surface area (Å²) in [6, 6.07) is 7.17. The molecule has 0 saturated heterocycles. The lowest BCUT2D eigenvalue weighted by Crippen LogP contribution is -2.01. The van der Waals surface area contributed by atoms with Crippen LogP contribution in [0.5, 0.6) is 5.75 Å². The van der Waals surface area contributed by atoms with Crippen molar-refractivity contribution in [2.75, 3.05) is 7.11 Å². The number of methoxy groups -OCH3 is 1. The van der Waals surface area contributed by atoms with Crippen LogP contribution in [0.1, 0.15) is 35.8 Å². The second-order valence-corrected chi connectivity index (χ2v) is 4.95. The standard InChI is InChI=1S/C14H15ClN2O3/c1-8(2)12-11(14(18)19)13(15)17(16-12)9-6-4-5-7-10(9)20-3/h4-8H,1-3H3,(H,18,19). The number of halogens is 1. The molecule has 2 aromatic rings. The number of hydrogen-bond donors (Lipinski definition) is 1. The molecule has 0 amide bonds. The van der Waals surface area contributed by atoms with E-state index in [2.05, 4.69) is 5.10 Å². The molecule has 106 valence electrons. The van der Waals surface area contributed by atoms with Gasteiger partial charge in [-0.25, -0.2) is 9.48 Å². The van der Waals surface area contributed by atoms with E-state index in [0.717, 1.165) is 0 Å². The van der Waals surface area contributed by atoms with Gasteiger partial charge in [0.05, 0.1) is 12.8 Å². The van der Waals surface area contributed by atoms with Crippen LogP contribution in [0, 0.1) is 0 Å². The van der Waals surface area contributed by atoms with E-state index in [1.54, 1.807) is 12.1 Å². The number of para-hydroxylation sites is 2. The van der Waals surface area contributed by atoms with Crippen LogP contribution in [0.25, 0.3) is 5.69 Å². The van der Waals surface area contributed by atoms with E-state index in [1.807, 2.05) is 26.0 Å². The number of aromatic nitrogens is 2. The maximum Gasteiger partial charge on any atom is 0.340 e. The van der Waals surface area contributed by atoms with Crippen molar-refractivity contribution in [1.29, 1.82) is 0 Å². The summed E-state index contributed by atoms with van der Waals surface area (Å²) in [6.45, 7) is 3.75. The molecule has 0 aliphatic heterocycles. The van der Waals surface area contributed by atoms with Crippen LogP contribution < -0.4 is 4.74 Å². The van der Waals surface area contributed by atoms with Gasteiger partial charge in [0, 0.05) is 0 Å². The van der Waals surface area contributed by atoms with Gasteiger partial charge >= 0.3 is 5.97 Å². The Bertz CT molecular complexity index is 650. The quantitative estimate of drug-likeness (QED) is 0.939. The van der Waals surface area contributed by atoms with Crippen LogP contribution in [0.4, 0.5) is 0 Å². The Morgan fingerprint density at radius 3 is 2.55 bits per heavy atom. The third kappa shape index (κ3) is 2.36. The molecule has 1 aromatic heterocycles. The predicted molar refractivity (Wildman–Crippen MR) is 76.2 cm³/mol. The monoisotopic (exact) mass is 294 g/mol. The molecule has 0 atom stereocenters. The van der Waals surface area contributed by atoms with Gasteiger partial charge in [-0.05, 0) is 18.1 Å². The smallest absolute Gasteiger partial charge is 0.340 e. The molecule has 1 N–H and O–H groups in total. The molecule has 0 radical (unpaired) electrons. The molecule has 6 heteroatoms. The molecular formula is C14H15ClN2O3. The zero-order valence-corrected chi connectivity index (χ0v) is 12.2. The van der Waals surface area contributed by atoms with Gasteiger partial charge in [-0.2, -0.15) is 5.10 Å². The largest absolute Gasteiger partial charge is 0.494 e. The van der Waals surface area contributed by atoms with E-state index >= 15 is 0 Å². The molecule has 5 nitrogen and oxygen atoms in total. The molecule has 0 aliphatic carbocycles. The lowest BCUT2D eigenvalue weighted by Gasteiger charge is -2.08. The average molecular weight is 295 g/mol. The molecule has 0 saturated carbocycles. The van der Waals surface area contributed by atoms with Crippen molar-refractivity contribution in [2.24, 2.45) is 0 Å². The number of carboxylic acid groups (broad SMARTS) is 1. The molecule has 0 bridgehead atoms. The van der Waals surface area contributed by atoms with E-state index in [1.165, 1.54) is 11.8 Å². The predicted octanol–water partition coefficient (Wildman–Crippen LogP) is 3.36. The summed E-state index contributed by atoms with van der Waals surface area (Å²) in [4.78, 5) is 11.4. The summed E-state index contributed by atoms with van der Waals surface area (Å²) in [7, 11) is 1.54. The molecule has 1 heterocycles. The van der Waals surface area contributed by atoms with Crippen LogP contribution in [0.3, 0.4) is 0 Å². The molecule has 0 unspecified atom stereocenters. The van der Waals surface area contributed by atoms with Gasteiger partial charge in [0.2, 0.25) is 0 Å². The highest BCUT2D eigenvalue weighted by Gasteiger charge is 2.25. The van der Waals surface area contributed by atoms with Gasteiger partial charge in [0.15, 0.2) is 0 Å². The first kappa shape index (κ1) is 14.4. The first-order valence-corrected chi connectivity index (χ1v) is 6.50. The Morgan fingerprint density at radius 1 is 1.40 bits per heavy atom. The summed E-state index contributed by atoms with van der Waals surface area (Å²) >= 11 is 6.20. The van der Waals surface area contributed by atoms with Crippen LogP contribution in [0.15, 0.2) is 24.3 Å². The molecule has 1 aromatic carbocycles. The van der Waals surface area contributed by atoms with Crippen molar-refractivity contribution in [2.45, 2.75) is 19.8 Å². The van der Waals surface area contributed by atoms with E-state index in [0.29, 0.717) is 17.1 Å². The van der Waals surface area contributed by atoms with Crippen LogP contribution in [-0.2, 0) is 0 Å². The van der Waals surface area contributed by atoms with Gasteiger partial charge in [0.1, 0.15) is 22.2 Å². The number of rotatable bonds is 4. The third-order valence-electron chi connectivity index (χ3n) is 2.93. The summed E-state index contributed by atoms with van der Waals surface area (Å²) in [6.07, 6.45) is 0. The minimum Gasteiger partial charge on any atom is -0.494 e. The van der Waals surface area contributed by atoms with Crippen LogP contribution in [-0.4, -0.2) is 28.0 Å². The molecule has 20 heavy (non-hydrogen) atoms. The van der Waals surface area contributed by atoms with E-state index in [9.17, 15) is 9.90 Å². The second-order valence-electron chi connectivity index (χ2n) is 4.59. The Labute approximate surface area is 121 Å². The molecule has 0 aliphatic rings.